The molecular weight excluding hydrogens is 292 g/mol. The summed E-state index contributed by atoms with van der Waals surface area (Å²) in [5.41, 5.74) is 0.309. The average molecular weight is 307 g/mol. The normalized spacial score (nSPS) is 18.6. The molecule has 3 rings (SSSR count). The van der Waals surface area contributed by atoms with Crippen molar-refractivity contribution in [2.75, 3.05) is 13.2 Å². The monoisotopic (exact) mass is 306 g/mol. The molecule has 1 fully saturated rings. The summed E-state index contributed by atoms with van der Waals surface area (Å²) in [4.78, 5) is 19.2. The molecule has 0 spiro atoms. The summed E-state index contributed by atoms with van der Waals surface area (Å²) in [6.07, 6.45) is 1.81. The molecule has 0 radical (unpaired) electrons. The molecule has 1 aliphatic heterocycles. The molecule has 0 saturated carbocycles. The van der Waals surface area contributed by atoms with Crippen LogP contribution in [0.1, 0.15) is 24.6 Å². The Morgan fingerprint density at radius 1 is 1.43 bits per heavy atom. The van der Waals surface area contributed by atoms with Crippen LogP contribution in [0, 0.1) is 0 Å². The lowest BCUT2D eigenvalue weighted by molar-refractivity contribution is 0.0778. The third-order valence-electron chi connectivity index (χ3n) is 3.58. The van der Waals surface area contributed by atoms with Crippen molar-refractivity contribution >= 4 is 11.6 Å². The topological polar surface area (TPSA) is 75.2 Å². The smallest absolute Gasteiger partial charge is 0.262 e. The van der Waals surface area contributed by atoms with Crippen LogP contribution >= 0.6 is 11.6 Å². The fraction of sp³-hybridized carbons (Fsp3) is 0.333. The van der Waals surface area contributed by atoms with E-state index >= 15 is 0 Å². The van der Waals surface area contributed by atoms with Crippen LogP contribution in [0.2, 0.25) is 5.02 Å². The van der Waals surface area contributed by atoms with Gasteiger partial charge in [0, 0.05) is 17.5 Å². The Bertz CT molecular complexity index is 708. The number of nitrogens with one attached hydrogen (secondary N) is 1. The summed E-state index contributed by atoms with van der Waals surface area (Å²) in [6.45, 7) is 1.24. The maximum atomic E-state index is 12.3. The largest absolute Gasteiger partial charge is 0.493 e. The lowest BCUT2D eigenvalue weighted by Crippen LogP contribution is -2.22. The van der Waals surface area contributed by atoms with E-state index in [-0.39, 0.29) is 22.9 Å². The molecule has 1 unspecified atom stereocenters. The molecule has 0 amide bonds. The fourth-order valence-electron chi connectivity index (χ4n) is 2.53. The maximum Gasteiger partial charge on any atom is 0.262 e. The van der Waals surface area contributed by atoms with Crippen molar-refractivity contribution in [2.45, 2.75) is 18.8 Å². The van der Waals surface area contributed by atoms with Gasteiger partial charge < -0.3 is 14.8 Å². The highest BCUT2D eigenvalue weighted by molar-refractivity contribution is 6.30. The van der Waals surface area contributed by atoms with Crippen molar-refractivity contribution < 1.29 is 9.84 Å². The summed E-state index contributed by atoms with van der Waals surface area (Å²) < 4.78 is 5.39. The molecule has 1 aromatic carbocycles. The van der Waals surface area contributed by atoms with E-state index in [0.29, 0.717) is 23.0 Å². The lowest BCUT2D eigenvalue weighted by atomic mass is 10.0. The van der Waals surface area contributed by atoms with Crippen LogP contribution in [0.15, 0.2) is 29.1 Å². The van der Waals surface area contributed by atoms with Gasteiger partial charge in [0.2, 0.25) is 5.88 Å². The zero-order chi connectivity index (χ0) is 14.8. The summed E-state index contributed by atoms with van der Waals surface area (Å²) in [5, 5.41) is 10.6. The Hall–Kier alpha value is -1.85. The molecule has 5 nitrogen and oxygen atoms in total. The van der Waals surface area contributed by atoms with Gasteiger partial charge in [0.25, 0.3) is 5.56 Å². The van der Waals surface area contributed by atoms with E-state index < -0.39 is 0 Å². The summed E-state index contributed by atoms with van der Waals surface area (Å²) in [6, 6.07) is 6.76. The van der Waals surface area contributed by atoms with E-state index in [0.717, 1.165) is 19.4 Å². The van der Waals surface area contributed by atoms with E-state index in [1.807, 2.05) is 0 Å². The number of halogens is 1. The van der Waals surface area contributed by atoms with Crippen molar-refractivity contribution in [3.63, 3.8) is 0 Å². The summed E-state index contributed by atoms with van der Waals surface area (Å²) in [7, 11) is 0. The van der Waals surface area contributed by atoms with Gasteiger partial charge in [0.1, 0.15) is 11.4 Å². The zero-order valence-electron chi connectivity index (χ0n) is 11.3. The minimum absolute atomic E-state index is 0.0192. The van der Waals surface area contributed by atoms with Gasteiger partial charge >= 0.3 is 0 Å². The van der Waals surface area contributed by atoms with Crippen LogP contribution in [0.3, 0.4) is 0 Å². The summed E-state index contributed by atoms with van der Waals surface area (Å²) >= 11 is 5.92. The first kappa shape index (κ1) is 14.1. The lowest BCUT2D eigenvalue weighted by Gasteiger charge is -2.21. The minimum Gasteiger partial charge on any atom is -0.493 e. The van der Waals surface area contributed by atoms with Gasteiger partial charge in [0.05, 0.1) is 6.61 Å². The molecule has 2 N–H and O–H groups in total. The van der Waals surface area contributed by atoms with E-state index in [4.69, 9.17) is 16.3 Å². The Morgan fingerprint density at radius 3 is 2.95 bits per heavy atom. The number of rotatable bonds is 2. The van der Waals surface area contributed by atoms with E-state index in [1.165, 1.54) is 0 Å². The van der Waals surface area contributed by atoms with Crippen LogP contribution in [-0.4, -0.2) is 28.3 Å². The number of benzene rings is 1. The highest BCUT2D eigenvalue weighted by Gasteiger charge is 2.21. The van der Waals surface area contributed by atoms with Crippen molar-refractivity contribution in [3.8, 4) is 17.0 Å². The van der Waals surface area contributed by atoms with Crippen molar-refractivity contribution in [1.29, 1.82) is 0 Å². The number of aromatic hydroxyl groups is 1. The molecule has 1 atom stereocenters. The van der Waals surface area contributed by atoms with Crippen molar-refractivity contribution in [1.82, 2.24) is 9.97 Å². The number of aromatic amines is 1. The SMILES string of the molecule is O=c1[nH]c(C2CCCOC2)nc(O)c1-c1cccc(Cl)c1. The highest BCUT2D eigenvalue weighted by atomic mass is 35.5. The number of ether oxygens (including phenoxy) is 1. The number of nitrogens with zero attached hydrogens (tertiary/aromatic N) is 1. The molecule has 1 aliphatic rings. The quantitative estimate of drug-likeness (QED) is 0.894. The third kappa shape index (κ3) is 2.94. The van der Waals surface area contributed by atoms with Crippen molar-refractivity contribution in [3.05, 3.63) is 45.5 Å². The number of H-pyrrole nitrogens is 1. The molecule has 6 heteroatoms. The van der Waals surface area contributed by atoms with Gasteiger partial charge in [-0.1, -0.05) is 23.7 Å². The van der Waals surface area contributed by atoms with Gasteiger partial charge in [-0.15, -0.1) is 0 Å². The van der Waals surface area contributed by atoms with Gasteiger partial charge in [-0.25, -0.2) is 0 Å². The molecular formula is C15H15ClN2O3. The predicted molar refractivity (Wildman–Crippen MR) is 79.8 cm³/mol. The second-order valence-corrected chi connectivity index (χ2v) is 5.51. The van der Waals surface area contributed by atoms with Crippen LogP contribution < -0.4 is 5.56 Å². The van der Waals surface area contributed by atoms with E-state index in [1.54, 1.807) is 24.3 Å². The second kappa shape index (κ2) is 5.87. The van der Waals surface area contributed by atoms with E-state index in [2.05, 4.69) is 9.97 Å². The number of hydrogen-bond acceptors (Lipinski definition) is 4. The highest BCUT2D eigenvalue weighted by Crippen LogP contribution is 2.28. The molecule has 21 heavy (non-hydrogen) atoms. The molecule has 1 aromatic heterocycles. The first-order chi connectivity index (χ1) is 10.1. The van der Waals surface area contributed by atoms with Gasteiger partial charge in [-0.05, 0) is 30.5 Å². The van der Waals surface area contributed by atoms with E-state index in [9.17, 15) is 9.90 Å². The summed E-state index contributed by atoms with van der Waals surface area (Å²) in [5.74, 6) is 0.218. The standard InChI is InChI=1S/C15H15ClN2O3/c16-11-5-1-3-9(7-11)12-14(19)17-13(18-15(12)20)10-4-2-6-21-8-10/h1,3,5,7,10H,2,4,6,8H2,(H2,17,18,19,20). The van der Waals surface area contributed by atoms with Crippen LogP contribution in [0.5, 0.6) is 5.88 Å². The maximum absolute atomic E-state index is 12.3. The molecule has 2 aromatic rings. The van der Waals surface area contributed by atoms with Gasteiger partial charge in [-0.3, -0.25) is 4.79 Å². The van der Waals surface area contributed by atoms with Gasteiger partial charge in [-0.2, -0.15) is 4.98 Å². The Morgan fingerprint density at radius 2 is 2.29 bits per heavy atom. The third-order valence-corrected chi connectivity index (χ3v) is 3.81. The Kier molecular flexibility index (Phi) is 3.94. The average Bonchev–Trinajstić information content (AvgIpc) is 2.47. The fourth-order valence-corrected chi connectivity index (χ4v) is 2.72. The Labute approximate surface area is 126 Å². The number of aromatic nitrogens is 2. The van der Waals surface area contributed by atoms with Crippen LogP contribution in [0.4, 0.5) is 0 Å². The molecule has 2 heterocycles. The minimum atomic E-state index is -0.370. The van der Waals surface area contributed by atoms with Crippen molar-refractivity contribution in [2.24, 2.45) is 0 Å². The first-order valence-corrected chi connectivity index (χ1v) is 7.20. The molecule has 0 aliphatic carbocycles. The van der Waals surface area contributed by atoms with Crippen LogP contribution in [0.25, 0.3) is 11.1 Å². The Balaban J connectivity index is 2.02. The first-order valence-electron chi connectivity index (χ1n) is 6.82. The molecule has 1 saturated heterocycles. The molecule has 110 valence electrons. The molecule has 0 bridgehead atoms. The zero-order valence-corrected chi connectivity index (χ0v) is 12.1. The van der Waals surface area contributed by atoms with Crippen LogP contribution in [-0.2, 0) is 4.74 Å². The number of hydrogen-bond donors (Lipinski definition) is 2. The predicted octanol–water partition coefficient (Wildman–Crippen LogP) is 2.69. The second-order valence-electron chi connectivity index (χ2n) is 5.07. The van der Waals surface area contributed by atoms with Gasteiger partial charge in [0.15, 0.2) is 0 Å².